The van der Waals surface area contributed by atoms with Gasteiger partial charge in [0.2, 0.25) is 0 Å². The Balaban J connectivity index is 2.15. The van der Waals surface area contributed by atoms with Gasteiger partial charge in [-0.2, -0.15) is 0 Å². The predicted molar refractivity (Wildman–Crippen MR) is 65.4 cm³/mol. The van der Waals surface area contributed by atoms with Gasteiger partial charge in [-0.1, -0.05) is 6.42 Å². The number of hydrogen-bond donors (Lipinski definition) is 2. The molecule has 0 saturated heterocycles. The Labute approximate surface area is 108 Å². The molecule has 0 amide bonds. The Hall–Kier alpha value is -2.18. The van der Waals surface area contributed by atoms with Crippen LogP contribution in [0.3, 0.4) is 0 Å². The van der Waals surface area contributed by atoms with Gasteiger partial charge in [0, 0.05) is 12.1 Å². The number of nitrogens with one attached hydrogen (secondary N) is 1. The van der Waals surface area contributed by atoms with Crippen molar-refractivity contribution in [2.24, 2.45) is 5.92 Å². The van der Waals surface area contributed by atoms with Gasteiger partial charge in [0.1, 0.15) is 0 Å². The monoisotopic (exact) mass is 268 g/mol. The summed E-state index contributed by atoms with van der Waals surface area (Å²) in [6, 6.07) is 2.95. The van der Waals surface area contributed by atoms with Crippen molar-refractivity contribution in [1.29, 1.82) is 0 Å². The van der Waals surface area contributed by atoms with Crippen LogP contribution >= 0.6 is 0 Å². The van der Waals surface area contributed by atoms with E-state index >= 15 is 0 Å². The summed E-state index contributed by atoms with van der Waals surface area (Å²) in [5.41, 5.74) is -0.229. The van der Waals surface area contributed by atoms with Crippen molar-refractivity contribution in [2.45, 2.75) is 25.3 Å². The van der Waals surface area contributed by atoms with Gasteiger partial charge in [0.25, 0.3) is 5.69 Å². The van der Waals surface area contributed by atoms with E-state index in [0.29, 0.717) is 12.8 Å². The topological polar surface area (TPSA) is 92.5 Å². The van der Waals surface area contributed by atoms with Crippen LogP contribution in [-0.4, -0.2) is 22.0 Å². The number of carbonyl (C=O) groups is 1. The van der Waals surface area contributed by atoms with Gasteiger partial charge < -0.3 is 10.4 Å². The first-order valence-electron chi connectivity index (χ1n) is 5.92. The van der Waals surface area contributed by atoms with Gasteiger partial charge >= 0.3 is 5.97 Å². The first-order chi connectivity index (χ1) is 8.99. The van der Waals surface area contributed by atoms with E-state index in [1.807, 2.05) is 0 Å². The zero-order chi connectivity index (χ0) is 14.0. The fourth-order valence-corrected chi connectivity index (χ4v) is 2.36. The summed E-state index contributed by atoms with van der Waals surface area (Å²) in [6.45, 7) is 0. The molecular weight excluding hydrogens is 255 g/mol. The summed E-state index contributed by atoms with van der Waals surface area (Å²) in [4.78, 5) is 20.8. The van der Waals surface area contributed by atoms with Gasteiger partial charge in [-0.3, -0.25) is 14.9 Å². The molecule has 19 heavy (non-hydrogen) atoms. The lowest BCUT2D eigenvalue weighted by Gasteiger charge is -2.19. The highest BCUT2D eigenvalue weighted by Gasteiger charge is 2.33. The summed E-state index contributed by atoms with van der Waals surface area (Å²) < 4.78 is 13.7. The number of anilines is 1. The molecule has 0 radical (unpaired) electrons. The van der Waals surface area contributed by atoms with Crippen LogP contribution in [0, 0.1) is 21.8 Å². The summed E-state index contributed by atoms with van der Waals surface area (Å²) in [5.74, 6) is -2.20. The molecule has 1 saturated carbocycles. The van der Waals surface area contributed by atoms with Crippen LogP contribution in [0.5, 0.6) is 0 Å². The molecule has 0 heterocycles. The molecule has 2 unspecified atom stereocenters. The SMILES string of the molecule is O=C(O)C1CCCC1Nc1ccc([N+](=O)[O-])cc1F. The van der Waals surface area contributed by atoms with Crippen LogP contribution < -0.4 is 5.32 Å². The molecule has 102 valence electrons. The van der Waals surface area contributed by atoms with E-state index in [0.717, 1.165) is 12.5 Å². The number of rotatable bonds is 4. The Bertz CT molecular complexity index is 520. The molecule has 1 aliphatic rings. The van der Waals surface area contributed by atoms with Crippen molar-refractivity contribution in [2.75, 3.05) is 5.32 Å². The lowest BCUT2D eigenvalue weighted by molar-refractivity contribution is -0.385. The third-order valence-electron chi connectivity index (χ3n) is 3.34. The smallest absolute Gasteiger partial charge is 0.308 e. The molecule has 1 aliphatic carbocycles. The molecule has 2 atom stereocenters. The van der Waals surface area contributed by atoms with Crippen LogP contribution in [0.2, 0.25) is 0 Å². The van der Waals surface area contributed by atoms with Gasteiger partial charge in [-0.05, 0) is 18.9 Å². The van der Waals surface area contributed by atoms with E-state index in [9.17, 15) is 19.3 Å². The molecule has 0 aromatic heterocycles. The van der Waals surface area contributed by atoms with Crippen molar-refractivity contribution in [3.8, 4) is 0 Å². The lowest BCUT2D eigenvalue weighted by Crippen LogP contribution is -2.30. The van der Waals surface area contributed by atoms with E-state index in [1.54, 1.807) is 0 Å². The number of carboxylic acid groups (broad SMARTS) is 1. The van der Waals surface area contributed by atoms with Crippen LogP contribution in [-0.2, 0) is 4.79 Å². The van der Waals surface area contributed by atoms with E-state index in [2.05, 4.69) is 5.32 Å². The molecule has 1 aromatic carbocycles. The standard InChI is InChI=1S/C12H13FN2O4/c13-9-6-7(15(18)19)4-5-11(9)14-10-3-1-2-8(10)12(16)17/h4-6,8,10,14H,1-3H2,(H,16,17). The average molecular weight is 268 g/mol. The minimum Gasteiger partial charge on any atom is -0.481 e. The predicted octanol–water partition coefficient (Wildman–Crippen LogP) is 2.40. The largest absolute Gasteiger partial charge is 0.481 e. The van der Waals surface area contributed by atoms with Crippen molar-refractivity contribution >= 4 is 17.3 Å². The van der Waals surface area contributed by atoms with Crippen LogP contribution in [0.4, 0.5) is 15.8 Å². The number of nitro groups is 1. The Morgan fingerprint density at radius 1 is 1.47 bits per heavy atom. The fraction of sp³-hybridized carbons (Fsp3) is 0.417. The second kappa shape index (κ2) is 5.21. The second-order valence-corrected chi connectivity index (χ2v) is 4.55. The molecule has 2 rings (SSSR count). The van der Waals surface area contributed by atoms with Crippen LogP contribution in [0.15, 0.2) is 18.2 Å². The maximum Gasteiger partial charge on any atom is 0.308 e. The number of benzene rings is 1. The second-order valence-electron chi connectivity index (χ2n) is 4.55. The van der Waals surface area contributed by atoms with Gasteiger partial charge in [-0.15, -0.1) is 0 Å². The summed E-state index contributed by atoms with van der Waals surface area (Å²) >= 11 is 0. The Morgan fingerprint density at radius 3 is 2.79 bits per heavy atom. The number of hydrogen-bond acceptors (Lipinski definition) is 4. The Morgan fingerprint density at radius 2 is 2.21 bits per heavy atom. The van der Waals surface area contributed by atoms with Gasteiger partial charge in [-0.25, -0.2) is 4.39 Å². The minimum atomic E-state index is -0.905. The average Bonchev–Trinajstić information content (AvgIpc) is 2.79. The van der Waals surface area contributed by atoms with Gasteiger partial charge in [0.05, 0.1) is 22.6 Å². The molecular formula is C12H13FN2O4. The zero-order valence-electron chi connectivity index (χ0n) is 10.0. The molecule has 7 heteroatoms. The third kappa shape index (κ3) is 2.81. The van der Waals surface area contributed by atoms with Crippen molar-refractivity contribution in [1.82, 2.24) is 0 Å². The number of carboxylic acids is 1. The molecule has 0 aliphatic heterocycles. The molecule has 0 spiro atoms. The molecule has 1 fully saturated rings. The first-order valence-corrected chi connectivity index (χ1v) is 5.92. The normalized spacial score (nSPS) is 22.2. The maximum atomic E-state index is 13.7. The summed E-state index contributed by atoms with van der Waals surface area (Å²) in [6.07, 6.45) is 1.97. The third-order valence-corrected chi connectivity index (χ3v) is 3.34. The summed E-state index contributed by atoms with van der Waals surface area (Å²) in [5, 5.41) is 22.3. The van der Waals surface area contributed by atoms with E-state index in [-0.39, 0.29) is 17.4 Å². The highest BCUT2D eigenvalue weighted by molar-refractivity contribution is 5.72. The number of halogens is 1. The molecule has 2 N–H and O–H groups in total. The number of non-ortho nitro benzene ring substituents is 1. The van der Waals surface area contributed by atoms with Gasteiger partial charge in [0.15, 0.2) is 5.82 Å². The Kier molecular flexibility index (Phi) is 3.64. The minimum absolute atomic E-state index is 0.101. The number of aliphatic carboxylic acids is 1. The summed E-state index contributed by atoms with van der Waals surface area (Å²) in [7, 11) is 0. The van der Waals surface area contributed by atoms with E-state index in [4.69, 9.17) is 5.11 Å². The quantitative estimate of drug-likeness (QED) is 0.646. The van der Waals surface area contributed by atoms with Crippen molar-refractivity contribution < 1.29 is 19.2 Å². The van der Waals surface area contributed by atoms with Crippen LogP contribution in [0.1, 0.15) is 19.3 Å². The van der Waals surface area contributed by atoms with E-state index in [1.165, 1.54) is 12.1 Å². The van der Waals surface area contributed by atoms with E-state index < -0.39 is 22.6 Å². The highest BCUT2D eigenvalue weighted by Crippen LogP contribution is 2.30. The highest BCUT2D eigenvalue weighted by atomic mass is 19.1. The first kappa shape index (κ1) is 13.3. The van der Waals surface area contributed by atoms with Crippen molar-refractivity contribution in [3.63, 3.8) is 0 Å². The van der Waals surface area contributed by atoms with Crippen LogP contribution in [0.25, 0.3) is 0 Å². The maximum absolute atomic E-state index is 13.7. The lowest BCUT2D eigenvalue weighted by atomic mass is 10.0. The molecule has 1 aromatic rings. The zero-order valence-corrected chi connectivity index (χ0v) is 10.0. The van der Waals surface area contributed by atoms with Crippen molar-refractivity contribution in [3.05, 3.63) is 34.1 Å². The number of nitro benzene ring substituents is 1. The number of nitrogens with zero attached hydrogens (tertiary/aromatic N) is 1. The fourth-order valence-electron chi connectivity index (χ4n) is 2.36. The molecule has 0 bridgehead atoms. The molecule has 6 nitrogen and oxygen atoms in total.